The van der Waals surface area contributed by atoms with Crippen molar-refractivity contribution < 1.29 is 9.53 Å². The second kappa shape index (κ2) is 6.49. The second-order valence-electron chi connectivity index (χ2n) is 4.41. The lowest BCUT2D eigenvalue weighted by atomic mass is 10.2. The Morgan fingerprint density at radius 3 is 2.95 bits per heavy atom. The number of carbonyl (C=O) groups is 1. The van der Waals surface area contributed by atoms with E-state index in [1.54, 1.807) is 6.92 Å². The van der Waals surface area contributed by atoms with E-state index in [9.17, 15) is 4.79 Å². The fraction of sp³-hybridized carbons (Fsp3) is 0.286. The van der Waals surface area contributed by atoms with Crippen LogP contribution < -0.4 is 16.0 Å². The number of thiazole rings is 1. The van der Waals surface area contributed by atoms with Gasteiger partial charge in [-0.2, -0.15) is 0 Å². The number of amides is 1. The summed E-state index contributed by atoms with van der Waals surface area (Å²) >= 11 is 1.35. The number of aryl methyl sites for hydroxylation is 2. The summed E-state index contributed by atoms with van der Waals surface area (Å²) in [6, 6.07) is 7.89. The van der Waals surface area contributed by atoms with Crippen molar-refractivity contribution in [2.75, 3.05) is 6.61 Å². The van der Waals surface area contributed by atoms with Gasteiger partial charge >= 0.3 is 0 Å². The molecule has 0 aliphatic heterocycles. The Balaban J connectivity index is 1.93. The molecule has 6 heteroatoms. The van der Waals surface area contributed by atoms with Crippen LogP contribution in [0.3, 0.4) is 0 Å². The zero-order chi connectivity index (χ0) is 14.5. The number of nitrogens with one attached hydrogen (secondary N) is 1. The summed E-state index contributed by atoms with van der Waals surface area (Å²) in [6.07, 6.45) is 0.664. The molecule has 1 amide bonds. The van der Waals surface area contributed by atoms with Crippen LogP contribution in [-0.4, -0.2) is 17.5 Å². The Kier molecular flexibility index (Phi) is 4.70. The Hall–Kier alpha value is -1.92. The van der Waals surface area contributed by atoms with Crippen molar-refractivity contribution in [1.29, 1.82) is 0 Å². The molecule has 2 aromatic rings. The van der Waals surface area contributed by atoms with Gasteiger partial charge in [0, 0.05) is 6.42 Å². The van der Waals surface area contributed by atoms with Crippen molar-refractivity contribution in [3.63, 3.8) is 0 Å². The van der Waals surface area contributed by atoms with Gasteiger partial charge in [-0.15, -0.1) is 11.3 Å². The molecule has 0 saturated heterocycles. The van der Waals surface area contributed by atoms with E-state index in [0.717, 1.165) is 16.3 Å². The topological polar surface area (TPSA) is 77.2 Å². The van der Waals surface area contributed by atoms with Gasteiger partial charge in [0.2, 0.25) is 0 Å². The minimum atomic E-state index is -0.300. The van der Waals surface area contributed by atoms with E-state index in [2.05, 4.69) is 10.4 Å². The molecule has 2 rings (SSSR count). The third kappa shape index (κ3) is 3.55. The van der Waals surface area contributed by atoms with Crippen molar-refractivity contribution in [1.82, 2.24) is 10.4 Å². The fourth-order valence-electron chi connectivity index (χ4n) is 1.80. The molecule has 0 saturated carbocycles. The molecular formula is C14H17N3O2S. The van der Waals surface area contributed by atoms with Crippen LogP contribution >= 0.6 is 11.3 Å². The van der Waals surface area contributed by atoms with Crippen LogP contribution in [0.1, 0.15) is 25.9 Å². The molecule has 20 heavy (non-hydrogen) atoms. The van der Waals surface area contributed by atoms with Crippen molar-refractivity contribution in [2.45, 2.75) is 20.3 Å². The van der Waals surface area contributed by atoms with Crippen molar-refractivity contribution in [3.8, 4) is 5.75 Å². The van der Waals surface area contributed by atoms with E-state index in [-0.39, 0.29) is 5.91 Å². The summed E-state index contributed by atoms with van der Waals surface area (Å²) in [6.45, 7) is 4.35. The largest absolute Gasteiger partial charge is 0.493 e. The van der Waals surface area contributed by atoms with E-state index >= 15 is 0 Å². The molecule has 106 valence electrons. The predicted molar refractivity (Wildman–Crippen MR) is 78.9 cm³/mol. The standard InChI is InChI=1S/C14H17N3O2S/c1-9-4-3-5-11(8-9)19-7-6-12-16-10(2)13(20-12)14(18)17-15/h3-5,8H,6-7,15H2,1-2H3,(H,17,18). The minimum Gasteiger partial charge on any atom is -0.493 e. The third-order valence-electron chi connectivity index (χ3n) is 2.75. The van der Waals surface area contributed by atoms with Gasteiger partial charge in [-0.25, -0.2) is 10.8 Å². The van der Waals surface area contributed by atoms with Gasteiger partial charge in [-0.1, -0.05) is 12.1 Å². The Morgan fingerprint density at radius 1 is 1.45 bits per heavy atom. The minimum absolute atomic E-state index is 0.300. The quantitative estimate of drug-likeness (QED) is 0.502. The molecule has 1 aromatic carbocycles. The summed E-state index contributed by atoms with van der Waals surface area (Å²) in [5.41, 5.74) is 3.98. The SMILES string of the molecule is Cc1cccc(OCCc2nc(C)c(C(=O)NN)s2)c1. The highest BCUT2D eigenvalue weighted by Crippen LogP contribution is 2.19. The Morgan fingerprint density at radius 2 is 2.25 bits per heavy atom. The molecular weight excluding hydrogens is 274 g/mol. The lowest BCUT2D eigenvalue weighted by Gasteiger charge is -2.05. The molecule has 0 radical (unpaired) electrons. The normalized spacial score (nSPS) is 10.3. The Bertz CT molecular complexity index is 610. The average Bonchev–Trinajstić information content (AvgIpc) is 2.79. The molecule has 0 aliphatic carbocycles. The smallest absolute Gasteiger partial charge is 0.277 e. The number of hydrazine groups is 1. The molecule has 1 aromatic heterocycles. The predicted octanol–water partition coefficient (Wildman–Crippen LogP) is 1.98. The summed E-state index contributed by atoms with van der Waals surface area (Å²) in [4.78, 5) is 16.4. The third-order valence-corrected chi connectivity index (χ3v) is 3.97. The highest BCUT2D eigenvalue weighted by Gasteiger charge is 2.13. The first kappa shape index (κ1) is 14.5. The summed E-state index contributed by atoms with van der Waals surface area (Å²) in [7, 11) is 0. The highest BCUT2D eigenvalue weighted by atomic mass is 32.1. The summed E-state index contributed by atoms with van der Waals surface area (Å²) in [5, 5.41) is 0.869. The van der Waals surface area contributed by atoms with Gasteiger partial charge in [0.15, 0.2) is 0 Å². The highest BCUT2D eigenvalue weighted by molar-refractivity contribution is 7.13. The molecule has 0 unspecified atom stereocenters. The van der Waals surface area contributed by atoms with Gasteiger partial charge in [-0.3, -0.25) is 10.2 Å². The first-order valence-corrected chi connectivity index (χ1v) is 7.08. The van der Waals surface area contributed by atoms with Crippen LogP contribution in [0, 0.1) is 13.8 Å². The van der Waals surface area contributed by atoms with Gasteiger partial charge in [0.1, 0.15) is 10.6 Å². The number of aromatic nitrogens is 1. The molecule has 3 N–H and O–H groups in total. The van der Waals surface area contributed by atoms with Crippen LogP contribution in [0.25, 0.3) is 0 Å². The first-order valence-electron chi connectivity index (χ1n) is 6.27. The van der Waals surface area contributed by atoms with E-state index < -0.39 is 0 Å². The lowest BCUT2D eigenvalue weighted by Crippen LogP contribution is -2.29. The van der Waals surface area contributed by atoms with Crippen molar-refractivity contribution >= 4 is 17.2 Å². The van der Waals surface area contributed by atoms with Gasteiger partial charge < -0.3 is 4.74 Å². The molecule has 0 spiro atoms. The van der Waals surface area contributed by atoms with E-state index in [1.165, 1.54) is 11.3 Å². The molecule has 0 fully saturated rings. The van der Waals surface area contributed by atoms with Crippen LogP contribution in [0.2, 0.25) is 0 Å². The number of nitrogen functional groups attached to an aromatic ring is 1. The number of nitrogens with two attached hydrogens (primary N) is 1. The number of ether oxygens (including phenoxy) is 1. The number of carbonyl (C=O) groups excluding carboxylic acids is 1. The number of nitrogens with zero attached hydrogens (tertiary/aromatic N) is 1. The zero-order valence-corrected chi connectivity index (χ0v) is 12.3. The van der Waals surface area contributed by atoms with E-state index in [1.807, 2.05) is 31.2 Å². The zero-order valence-electron chi connectivity index (χ0n) is 11.5. The fourth-order valence-corrected chi connectivity index (χ4v) is 2.75. The van der Waals surface area contributed by atoms with E-state index in [4.69, 9.17) is 10.6 Å². The number of hydrogen-bond donors (Lipinski definition) is 2. The maximum atomic E-state index is 11.5. The van der Waals surface area contributed by atoms with Crippen molar-refractivity contribution in [3.05, 3.63) is 45.4 Å². The van der Waals surface area contributed by atoms with Gasteiger partial charge in [0.05, 0.1) is 17.3 Å². The summed E-state index contributed by atoms with van der Waals surface area (Å²) < 4.78 is 5.67. The lowest BCUT2D eigenvalue weighted by molar-refractivity contribution is 0.0957. The first-order chi connectivity index (χ1) is 9.60. The van der Waals surface area contributed by atoms with Crippen molar-refractivity contribution in [2.24, 2.45) is 5.84 Å². The molecule has 0 bridgehead atoms. The molecule has 0 aliphatic rings. The number of benzene rings is 1. The average molecular weight is 291 g/mol. The van der Waals surface area contributed by atoms with Gasteiger partial charge in [-0.05, 0) is 31.5 Å². The molecule has 5 nitrogen and oxygen atoms in total. The number of hydrogen-bond acceptors (Lipinski definition) is 5. The maximum absolute atomic E-state index is 11.5. The van der Waals surface area contributed by atoms with Crippen LogP contribution in [-0.2, 0) is 6.42 Å². The second-order valence-corrected chi connectivity index (χ2v) is 5.49. The monoisotopic (exact) mass is 291 g/mol. The van der Waals surface area contributed by atoms with Crippen LogP contribution in [0.5, 0.6) is 5.75 Å². The molecule has 0 atom stereocenters. The summed E-state index contributed by atoms with van der Waals surface area (Å²) in [5.74, 6) is 5.67. The van der Waals surface area contributed by atoms with Gasteiger partial charge in [0.25, 0.3) is 5.91 Å². The Labute approximate surface area is 121 Å². The molecule has 1 heterocycles. The van der Waals surface area contributed by atoms with Crippen LogP contribution in [0.4, 0.5) is 0 Å². The van der Waals surface area contributed by atoms with E-state index in [0.29, 0.717) is 23.6 Å². The maximum Gasteiger partial charge on any atom is 0.277 e. The number of rotatable bonds is 5. The van der Waals surface area contributed by atoms with Crippen LogP contribution in [0.15, 0.2) is 24.3 Å².